The fraction of sp³-hybridized carbons (Fsp3) is 0. The Hall–Kier alpha value is -5.94. The van der Waals surface area contributed by atoms with Gasteiger partial charge in [-0.1, -0.05) is 97.1 Å². The van der Waals surface area contributed by atoms with E-state index in [-0.39, 0.29) is 5.56 Å². The Balaban J connectivity index is 1.35. The van der Waals surface area contributed by atoms with Crippen molar-refractivity contribution in [3.63, 3.8) is 0 Å². The minimum Gasteiger partial charge on any atom is -0.309 e. The van der Waals surface area contributed by atoms with Gasteiger partial charge in [-0.2, -0.15) is 0 Å². The molecule has 0 atom stereocenters. The van der Waals surface area contributed by atoms with E-state index in [0.717, 1.165) is 27.8 Å². The van der Waals surface area contributed by atoms with Crippen molar-refractivity contribution in [2.75, 3.05) is 0 Å². The predicted molar refractivity (Wildman–Crippen MR) is 175 cm³/mol. The first kappa shape index (κ1) is 24.8. The van der Waals surface area contributed by atoms with Gasteiger partial charge in [-0.05, 0) is 65.7 Å². The average molecular weight is 556 g/mol. The largest absolute Gasteiger partial charge is 0.340 e. The molecule has 0 aliphatic heterocycles. The highest BCUT2D eigenvalue weighted by Gasteiger charge is 2.17. The first-order valence-electron chi connectivity index (χ1n) is 14.2. The van der Waals surface area contributed by atoms with Gasteiger partial charge in [0.15, 0.2) is 0 Å². The molecule has 0 amide bonds. The summed E-state index contributed by atoms with van der Waals surface area (Å²) in [5.41, 5.74) is 6.17. The maximum Gasteiger partial charge on any atom is 0.340 e. The van der Waals surface area contributed by atoms with Crippen LogP contribution in [-0.2, 0) is 0 Å². The maximum absolute atomic E-state index is 14.3. The van der Waals surface area contributed by atoms with Crippen molar-refractivity contribution < 1.29 is 0 Å². The molecule has 0 N–H and O–H groups in total. The molecule has 43 heavy (non-hydrogen) atoms. The van der Waals surface area contributed by atoms with E-state index in [9.17, 15) is 9.59 Å². The summed E-state index contributed by atoms with van der Waals surface area (Å²) in [5, 5.41) is 2.80. The lowest BCUT2D eigenvalue weighted by Gasteiger charge is -2.16. The molecule has 8 aromatic rings. The number of rotatable bonds is 4. The molecule has 8 rings (SSSR count). The highest BCUT2D eigenvalue weighted by Crippen LogP contribution is 2.32. The molecule has 0 saturated heterocycles. The van der Waals surface area contributed by atoms with Crippen LogP contribution >= 0.6 is 0 Å². The Morgan fingerprint density at radius 3 is 1.47 bits per heavy atom. The van der Waals surface area contributed by atoms with Crippen molar-refractivity contribution in [2.24, 2.45) is 0 Å². The summed E-state index contributed by atoms with van der Waals surface area (Å²) in [6.07, 6.45) is 0. The van der Waals surface area contributed by atoms with Crippen LogP contribution < -0.4 is 11.2 Å². The molecule has 0 spiro atoms. The number of nitrogens with zero attached hydrogens (tertiary/aromatic N) is 3. The van der Waals surface area contributed by atoms with Gasteiger partial charge in [-0.3, -0.25) is 9.36 Å². The molecule has 0 aliphatic rings. The van der Waals surface area contributed by atoms with Crippen molar-refractivity contribution in [3.8, 4) is 28.2 Å². The summed E-state index contributed by atoms with van der Waals surface area (Å²) < 4.78 is 5.13. The van der Waals surface area contributed by atoms with Crippen LogP contribution in [0, 0.1) is 0 Å². The summed E-state index contributed by atoms with van der Waals surface area (Å²) in [6.45, 7) is 0. The normalized spacial score (nSPS) is 11.4. The summed E-state index contributed by atoms with van der Waals surface area (Å²) >= 11 is 0. The molecule has 0 fully saturated rings. The molecule has 5 nitrogen and oxygen atoms in total. The molecule has 2 aromatic heterocycles. The number of benzene rings is 6. The molecule has 0 bridgehead atoms. The molecule has 0 aliphatic carbocycles. The number of para-hydroxylation sites is 3. The van der Waals surface area contributed by atoms with Crippen molar-refractivity contribution in [1.82, 2.24) is 13.7 Å². The van der Waals surface area contributed by atoms with Crippen molar-refractivity contribution in [1.29, 1.82) is 0 Å². The lowest BCUT2D eigenvalue weighted by atomic mass is 10.1. The van der Waals surface area contributed by atoms with E-state index >= 15 is 0 Å². The molecule has 2 heterocycles. The van der Waals surface area contributed by atoms with E-state index in [2.05, 4.69) is 41.0 Å². The van der Waals surface area contributed by atoms with Crippen LogP contribution in [0.1, 0.15) is 0 Å². The molecular weight excluding hydrogens is 530 g/mol. The van der Waals surface area contributed by atoms with Gasteiger partial charge in [0.25, 0.3) is 5.56 Å². The van der Waals surface area contributed by atoms with Crippen LogP contribution in [0.4, 0.5) is 0 Å². The standard InChI is InChI=1S/C38H25N3O2/c42-37-33-17-6-9-20-36(33)40(38(43)41(37)28-23-21-27(22-24-28)26-11-2-1-3-12-26)30-14-10-13-29(25-30)39-34-18-7-4-15-31(34)32-16-5-8-19-35(32)39/h1-25H. The first-order chi connectivity index (χ1) is 21.2. The molecule has 6 aromatic carbocycles. The number of hydrogen-bond acceptors (Lipinski definition) is 2. The van der Waals surface area contributed by atoms with Gasteiger partial charge < -0.3 is 4.57 Å². The summed E-state index contributed by atoms with van der Waals surface area (Å²) in [4.78, 5) is 28.1. The third kappa shape index (κ3) is 3.94. The SMILES string of the molecule is O=c1c2ccccc2n(-c2cccc(-n3c4ccccc4c4ccccc43)c2)c(=O)n1-c1ccc(-c2ccccc2)cc1. The van der Waals surface area contributed by atoms with Crippen LogP contribution in [0.3, 0.4) is 0 Å². The van der Waals surface area contributed by atoms with Crippen LogP contribution in [0.15, 0.2) is 161 Å². The highest BCUT2D eigenvalue weighted by molar-refractivity contribution is 6.09. The quantitative estimate of drug-likeness (QED) is 0.222. The fourth-order valence-corrected chi connectivity index (χ4v) is 6.14. The van der Waals surface area contributed by atoms with Gasteiger partial charge in [0.2, 0.25) is 0 Å². The lowest BCUT2D eigenvalue weighted by molar-refractivity contribution is 0.834. The van der Waals surface area contributed by atoms with E-state index in [0.29, 0.717) is 22.3 Å². The van der Waals surface area contributed by atoms with E-state index in [4.69, 9.17) is 0 Å². The van der Waals surface area contributed by atoms with Crippen LogP contribution in [0.5, 0.6) is 0 Å². The minimum absolute atomic E-state index is 0.345. The van der Waals surface area contributed by atoms with E-state index in [1.807, 2.05) is 109 Å². The first-order valence-corrected chi connectivity index (χ1v) is 14.2. The minimum atomic E-state index is -0.421. The Kier molecular flexibility index (Phi) is 5.69. The second kappa shape index (κ2) is 9.86. The number of fused-ring (bicyclic) bond motifs is 4. The third-order valence-corrected chi connectivity index (χ3v) is 8.12. The summed E-state index contributed by atoms with van der Waals surface area (Å²) in [7, 11) is 0. The molecule has 0 saturated carbocycles. The van der Waals surface area contributed by atoms with Crippen LogP contribution in [0.2, 0.25) is 0 Å². The maximum atomic E-state index is 14.3. The van der Waals surface area contributed by atoms with Crippen molar-refractivity contribution in [2.45, 2.75) is 0 Å². The van der Waals surface area contributed by atoms with Gasteiger partial charge in [0.1, 0.15) is 0 Å². The summed E-state index contributed by atoms with van der Waals surface area (Å²) in [5.74, 6) is 0. The Morgan fingerprint density at radius 1 is 0.349 bits per heavy atom. The second-order valence-electron chi connectivity index (χ2n) is 10.6. The van der Waals surface area contributed by atoms with E-state index < -0.39 is 5.69 Å². The fourth-order valence-electron chi connectivity index (χ4n) is 6.14. The number of aromatic nitrogens is 3. The zero-order valence-electron chi connectivity index (χ0n) is 23.1. The molecular formula is C38H25N3O2. The third-order valence-electron chi connectivity index (χ3n) is 8.12. The second-order valence-corrected chi connectivity index (χ2v) is 10.6. The Labute approximate surface area is 246 Å². The van der Waals surface area contributed by atoms with Crippen LogP contribution in [-0.4, -0.2) is 13.7 Å². The lowest BCUT2D eigenvalue weighted by Crippen LogP contribution is -2.38. The van der Waals surface area contributed by atoms with Gasteiger partial charge in [0, 0.05) is 16.5 Å². The Morgan fingerprint density at radius 2 is 0.837 bits per heavy atom. The Bertz CT molecular complexity index is 2380. The zero-order chi connectivity index (χ0) is 28.9. The number of hydrogen-bond donors (Lipinski definition) is 0. The van der Waals surface area contributed by atoms with Crippen LogP contribution in [0.25, 0.3) is 60.9 Å². The predicted octanol–water partition coefficient (Wildman–Crippen LogP) is 7.91. The van der Waals surface area contributed by atoms with Crippen molar-refractivity contribution >= 4 is 32.7 Å². The van der Waals surface area contributed by atoms with E-state index in [1.165, 1.54) is 15.3 Å². The van der Waals surface area contributed by atoms with Crippen molar-refractivity contribution in [3.05, 3.63) is 172 Å². The molecule has 5 heteroatoms. The van der Waals surface area contributed by atoms with Gasteiger partial charge in [-0.15, -0.1) is 0 Å². The average Bonchev–Trinajstić information content (AvgIpc) is 3.40. The zero-order valence-corrected chi connectivity index (χ0v) is 23.1. The van der Waals surface area contributed by atoms with Gasteiger partial charge in [0.05, 0.1) is 33.3 Å². The topological polar surface area (TPSA) is 48.9 Å². The molecule has 0 radical (unpaired) electrons. The highest BCUT2D eigenvalue weighted by atomic mass is 16.2. The van der Waals surface area contributed by atoms with E-state index in [1.54, 1.807) is 10.6 Å². The molecule has 204 valence electrons. The van der Waals surface area contributed by atoms with Gasteiger partial charge >= 0.3 is 5.69 Å². The monoisotopic (exact) mass is 555 g/mol. The summed E-state index contributed by atoms with van der Waals surface area (Å²) in [6, 6.07) is 49.5. The smallest absolute Gasteiger partial charge is 0.309 e. The molecule has 0 unspecified atom stereocenters. The van der Waals surface area contributed by atoms with Gasteiger partial charge in [-0.25, -0.2) is 9.36 Å².